The second-order valence-corrected chi connectivity index (χ2v) is 5.28. The first-order valence-electron chi connectivity index (χ1n) is 5.72. The number of hydrogen-bond donors (Lipinski definition) is 1. The molecular weight excluding hydrogens is 279 g/mol. The number of nitrogens with zero attached hydrogens (tertiary/aromatic N) is 2. The lowest BCUT2D eigenvalue weighted by molar-refractivity contribution is -0.128. The summed E-state index contributed by atoms with van der Waals surface area (Å²) in [5.74, 6) is -0.134. The van der Waals surface area contributed by atoms with Crippen molar-refractivity contribution >= 4 is 11.3 Å². The van der Waals surface area contributed by atoms with Crippen LogP contribution in [-0.4, -0.2) is 22.9 Å². The molecule has 1 atom stereocenters. The van der Waals surface area contributed by atoms with E-state index in [4.69, 9.17) is 4.52 Å². The van der Waals surface area contributed by atoms with Gasteiger partial charge in [0.1, 0.15) is 12.5 Å². The van der Waals surface area contributed by atoms with Crippen LogP contribution in [0.2, 0.25) is 0 Å². The van der Waals surface area contributed by atoms with Crippen LogP contribution in [0.4, 0.5) is 13.2 Å². The first-order valence-corrected chi connectivity index (χ1v) is 6.60. The molecule has 0 spiro atoms. The van der Waals surface area contributed by atoms with E-state index in [1.54, 1.807) is 11.3 Å². The predicted octanol–water partition coefficient (Wildman–Crippen LogP) is 2.47. The zero-order chi connectivity index (χ0) is 13.5. The molecule has 102 valence electrons. The minimum Gasteiger partial charge on any atom is -0.337 e. The van der Waals surface area contributed by atoms with Gasteiger partial charge in [0.25, 0.3) is 0 Å². The summed E-state index contributed by atoms with van der Waals surface area (Å²) in [4.78, 5) is 5.05. The molecular formula is C11H10F3N3OS. The molecule has 0 amide bonds. The molecule has 2 aromatic rings. The highest BCUT2D eigenvalue weighted by Gasteiger charge is 2.32. The second kappa shape index (κ2) is 4.61. The summed E-state index contributed by atoms with van der Waals surface area (Å²) < 4.78 is 41.7. The van der Waals surface area contributed by atoms with Crippen molar-refractivity contribution in [1.29, 1.82) is 0 Å². The van der Waals surface area contributed by atoms with Gasteiger partial charge in [-0.2, -0.15) is 18.2 Å². The lowest BCUT2D eigenvalue weighted by atomic mass is 10.0. The van der Waals surface area contributed by atoms with Crippen molar-refractivity contribution < 1.29 is 17.7 Å². The molecule has 3 heterocycles. The molecule has 1 aliphatic rings. The molecule has 1 aliphatic heterocycles. The van der Waals surface area contributed by atoms with E-state index in [2.05, 4.69) is 15.5 Å². The van der Waals surface area contributed by atoms with Crippen molar-refractivity contribution in [2.45, 2.75) is 25.1 Å². The van der Waals surface area contributed by atoms with E-state index in [0.29, 0.717) is 0 Å². The Morgan fingerprint density at radius 2 is 2.32 bits per heavy atom. The summed E-state index contributed by atoms with van der Waals surface area (Å²) in [5.41, 5.74) is 1.01. The van der Waals surface area contributed by atoms with Gasteiger partial charge in [-0.3, -0.25) is 0 Å². The largest absolute Gasteiger partial charge is 0.396 e. The maximum Gasteiger partial charge on any atom is 0.396 e. The van der Waals surface area contributed by atoms with Crippen LogP contribution in [0.25, 0.3) is 0 Å². The first-order chi connectivity index (χ1) is 9.03. The van der Waals surface area contributed by atoms with Crippen LogP contribution in [0.5, 0.6) is 0 Å². The SMILES string of the molecule is FC(F)(F)Cc1noc(C2NCCc3sccc32)n1. The van der Waals surface area contributed by atoms with Crippen LogP contribution < -0.4 is 5.32 Å². The minimum absolute atomic E-state index is 0.193. The molecule has 0 aliphatic carbocycles. The summed E-state index contributed by atoms with van der Waals surface area (Å²) in [5, 5.41) is 8.53. The maximum absolute atomic E-state index is 12.2. The number of halogens is 3. The van der Waals surface area contributed by atoms with Gasteiger partial charge in [-0.25, -0.2) is 0 Å². The van der Waals surface area contributed by atoms with E-state index in [1.807, 2.05) is 11.4 Å². The van der Waals surface area contributed by atoms with Gasteiger partial charge in [0, 0.05) is 11.4 Å². The number of alkyl halides is 3. The number of aromatic nitrogens is 2. The predicted molar refractivity (Wildman–Crippen MR) is 61.9 cm³/mol. The molecule has 0 fully saturated rings. The van der Waals surface area contributed by atoms with Crippen molar-refractivity contribution in [3.05, 3.63) is 33.6 Å². The van der Waals surface area contributed by atoms with Crippen LogP contribution in [0.3, 0.4) is 0 Å². The molecule has 8 heteroatoms. The summed E-state index contributed by atoms with van der Waals surface area (Å²) in [6, 6.07) is 1.63. The Labute approximate surface area is 110 Å². The van der Waals surface area contributed by atoms with Crippen molar-refractivity contribution in [2.24, 2.45) is 0 Å². The van der Waals surface area contributed by atoms with Crippen LogP contribution in [0.15, 0.2) is 16.0 Å². The quantitative estimate of drug-likeness (QED) is 0.922. The van der Waals surface area contributed by atoms with Gasteiger partial charge in [0.2, 0.25) is 5.89 Å². The number of rotatable bonds is 2. The summed E-state index contributed by atoms with van der Waals surface area (Å²) in [7, 11) is 0. The Morgan fingerprint density at radius 1 is 1.47 bits per heavy atom. The third-order valence-electron chi connectivity index (χ3n) is 2.88. The van der Waals surface area contributed by atoms with Gasteiger partial charge < -0.3 is 9.84 Å². The number of fused-ring (bicyclic) bond motifs is 1. The van der Waals surface area contributed by atoms with Gasteiger partial charge in [-0.15, -0.1) is 11.3 Å². The lowest BCUT2D eigenvalue weighted by Crippen LogP contribution is -2.29. The number of thiophene rings is 1. The molecule has 0 aromatic carbocycles. The summed E-state index contributed by atoms with van der Waals surface area (Å²) in [6.07, 6.45) is -4.58. The van der Waals surface area contributed by atoms with Crippen LogP contribution in [0.1, 0.15) is 28.2 Å². The van der Waals surface area contributed by atoms with E-state index in [1.165, 1.54) is 4.88 Å². The van der Waals surface area contributed by atoms with Crippen LogP contribution >= 0.6 is 11.3 Å². The fourth-order valence-corrected chi connectivity index (χ4v) is 3.03. The van der Waals surface area contributed by atoms with Gasteiger partial charge in [-0.1, -0.05) is 5.16 Å². The highest BCUT2D eigenvalue weighted by atomic mass is 32.1. The lowest BCUT2D eigenvalue weighted by Gasteiger charge is -2.20. The molecule has 19 heavy (non-hydrogen) atoms. The molecule has 4 nitrogen and oxygen atoms in total. The van der Waals surface area contributed by atoms with E-state index in [9.17, 15) is 13.2 Å². The second-order valence-electron chi connectivity index (χ2n) is 4.28. The zero-order valence-electron chi connectivity index (χ0n) is 9.70. The molecule has 0 saturated carbocycles. The smallest absolute Gasteiger partial charge is 0.337 e. The average Bonchev–Trinajstić information content (AvgIpc) is 2.94. The average molecular weight is 289 g/mol. The van der Waals surface area contributed by atoms with Crippen molar-refractivity contribution in [1.82, 2.24) is 15.5 Å². The maximum atomic E-state index is 12.2. The summed E-state index contributed by atoms with van der Waals surface area (Å²) >= 11 is 1.63. The topological polar surface area (TPSA) is 51.0 Å². The monoisotopic (exact) mass is 289 g/mol. The first kappa shape index (κ1) is 12.6. The Bertz CT molecular complexity index is 578. The molecule has 3 rings (SSSR count). The van der Waals surface area contributed by atoms with Crippen molar-refractivity contribution in [3.63, 3.8) is 0 Å². The van der Waals surface area contributed by atoms with E-state index < -0.39 is 12.6 Å². The molecule has 0 bridgehead atoms. The highest BCUT2D eigenvalue weighted by Crippen LogP contribution is 2.31. The molecule has 0 radical (unpaired) electrons. The Hall–Kier alpha value is -1.41. The standard InChI is InChI=1S/C11H10F3N3OS/c12-11(13,14)5-8-16-10(18-17-8)9-6-2-4-19-7(6)1-3-15-9/h2,4,9,15H,1,3,5H2. The van der Waals surface area contributed by atoms with Gasteiger partial charge >= 0.3 is 6.18 Å². The van der Waals surface area contributed by atoms with Gasteiger partial charge in [-0.05, 0) is 23.4 Å². The van der Waals surface area contributed by atoms with Crippen molar-refractivity contribution in [3.8, 4) is 0 Å². The number of nitrogens with one attached hydrogen (secondary N) is 1. The Morgan fingerprint density at radius 3 is 3.11 bits per heavy atom. The summed E-state index contributed by atoms with van der Waals surface area (Å²) in [6.45, 7) is 0.745. The molecule has 2 aromatic heterocycles. The normalized spacial score (nSPS) is 19.4. The fourth-order valence-electron chi connectivity index (χ4n) is 2.11. The van der Waals surface area contributed by atoms with Crippen LogP contribution in [-0.2, 0) is 12.8 Å². The zero-order valence-corrected chi connectivity index (χ0v) is 10.5. The van der Waals surface area contributed by atoms with E-state index in [0.717, 1.165) is 18.5 Å². The van der Waals surface area contributed by atoms with E-state index >= 15 is 0 Å². The third kappa shape index (κ3) is 2.64. The highest BCUT2D eigenvalue weighted by molar-refractivity contribution is 7.10. The molecule has 0 saturated heterocycles. The number of hydrogen-bond acceptors (Lipinski definition) is 5. The van der Waals surface area contributed by atoms with Crippen molar-refractivity contribution in [2.75, 3.05) is 6.54 Å². The van der Waals surface area contributed by atoms with Crippen LogP contribution in [0, 0.1) is 0 Å². The van der Waals surface area contributed by atoms with Gasteiger partial charge in [0.15, 0.2) is 5.82 Å². The molecule has 1 N–H and O–H groups in total. The fraction of sp³-hybridized carbons (Fsp3) is 0.455. The van der Waals surface area contributed by atoms with Gasteiger partial charge in [0.05, 0.1) is 0 Å². The van der Waals surface area contributed by atoms with E-state index in [-0.39, 0.29) is 17.8 Å². The minimum atomic E-state index is -4.32. The Kier molecular flexibility index (Phi) is 3.06. The molecule has 1 unspecified atom stereocenters. The third-order valence-corrected chi connectivity index (χ3v) is 3.88. The Balaban J connectivity index is 1.85.